The lowest BCUT2D eigenvalue weighted by Crippen LogP contribution is -2.50. The van der Waals surface area contributed by atoms with Crippen LogP contribution < -0.4 is 5.32 Å². The maximum atomic E-state index is 12.4. The second kappa shape index (κ2) is 10.7. The standard InChI is InChI=1S/C21H34N4O2/c1-2-27-14-10-23-21(26)19-6-4-11-25(17-19)20-7-12-24(13-8-20)16-18-5-3-9-22-15-18/h3,5,9,15,19-20H,2,4,6-8,10-14,16-17H2,1H3,(H,23,26). The number of nitrogens with one attached hydrogen (secondary N) is 1. The molecule has 1 atom stereocenters. The maximum Gasteiger partial charge on any atom is 0.224 e. The average Bonchev–Trinajstić information content (AvgIpc) is 2.72. The van der Waals surface area contributed by atoms with Crippen LogP contribution >= 0.6 is 0 Å². The molecule has 0 aromatic carbocycles. The number of ether oxygens (including phenoxy) is 1. The molecule has 0 saturated carbocycles. The van der Waals surface area contributed by atoms with E-state index in [0.29, 0.717) is 25.8 Å². The molecule has 3 heterocycles. The molecule has 6 heteroatoms. The summed E-state index contributed by atoms with van der Waals surface area (Å²) in [6.45, 7) is 9.19. The highest BCUT2D eigenvalue weighted by Gasteiger charge is 2.31. The average molecular weight is 375 g/mol. The van der Waals surface area contributed by atoms with Crippen LogP contribution in [0.2, 0.25) is 0 Å². The molecule has 1 aromatic rings. The summed E-state index contributed by atoms with van der Waals surface area (Å²) in [6, 6.07) is 4.78. The summed E-state index contributed by atoms with van der Waals surface area (Å²) in [5, 5.41) is 3.04. The summed E-state index contributed by atoms with van der Waals surface area (Å²) in [4.78, 5) is 21.7. The Morgan fingerprint density at radius 3 is 2.89 bits per heavy atom. The minimum atomic E-state index is 0.133. The van der Waals surface area contributed by atoms with Gasteiger partial charge < -0.3 is 10.1 Å². The summed E-state index contributed by atoms with van der Waals surface area (Å²) in [7, 11) is 0. The molecule has 2 saturated heterocycles. The van der Waals surface area contributed by atoms with E-state index in [0.717, 1.165) is 45.6 Å². The molecule has 1 amide bonds. The van der Waals surface area contributed by atoms with Crippen LogP contribution in [-0.4, -0.2) is 72.7 Å². The Balaban J connectivity index is 1.40. The smallest absolute Gasteiger partial charge is 0.224 e. The first-order chi connectivity index (χ1) is 13.3. The zero-order valence-corrected chi connectivity index (χ0v) is 16.6. The molecular formula is C21H34N4O2. The first kappa shape index (κ1) is 20.2. The van der Waals surface area contributed by atoms with E-state index < -0.39 is 0 Å². The van der Waals surface area contributed by atoms with Crippen molar-refractivity contribution in [1.29, 1.82) is 0 Å². The van der Waals surface area contributed by atoms with Gasteiger partial charge in [0.1, 0.15) is 0 Å². The van der Waals surface area contributed by atoms with Crippen molar-refractivity contribution in [2.24, 2.45) is 5.92 Å². The van der Waals surface area contributed by atoms with Gasteiger partial charge in [-0.15, -0.1) is 0 Å². The lowest BCUT2D eigenvalue weighted by atomic mass is 9.93. The van der Waals surface area contributed by atoms with Gasteiger partial charge in [-0.3, -0.25) is 19.6 Å². The Morgan fingerprint density at radius 2 is 2.15 bits per heavy atom. The van der Waals surface area contributed by atoms with Crippen LogP contribution in [0.1, 0.15) is 38.2 Å². The molecule has 2 aliphatic rings. The quantitative estimate of drug-likeness (QED) is 0.705. The third-order valence-electron chi connectivity index (χ3n) is 5.78. The van der Waals surface area contributed by atoms with Gasteiger partial charge in [-0.2, -0.15) is 0 Å². The topological polar surface area (TPSA) is 57.7 Å². The number of amides is 1. The number of piperidine rings is 2. The highest BCUT2D eigenvalue weighted by atomic mass is 16.5. The molecule has 150 valence electrons. The molecular weight excluding hydrogens is 340 g/mol. The molecule has 1 aromatic heterocycles. The lowest BCUT2D eigenvalue weighted by Gasteiger charge is -2.42. The number of hydrogen-bond donors (Lipinski definition) is 1. The fourth-order valence-electron chi connectivity index (χ4n) is 4.28. The Kier molecular flexibility index (Phi) is 8.05. The molecule has 6 nitrogen and oxygen atoms in total. The van der Waals surface area contributed by atoms with Crippen LogP contribution in [0.25, 0.3) is 0 Å². The molecule has 0 bridgehead atoms. The first-order valence-electron chi connectivity index (χ1n) is 10.5. The first-order valence-corrected chi connectivity index (χ1v) is 10.5. The number of nitrogens with zero attached hydrogens (tertiary/aromatic N) is 3. The van der Waals surface area contributed by atoms with Crippen molar-refractivity contribution < 1.29 is 9.53 Å². The van der Waals surface area contributed by atoms with E-state index in [4.69, 9.17) is 4.74 Å². The van der Waals surface area contributed by atoms with Crippen LogP contribution in [0.3, 0.4) is 0 Å². The third-order valence-corrected chi connectivity index (χ3v) is 5.78. The third kappa shape index (κ3) is 6.26. The molecule has 1 N–H and O–H groups in total. The highest BCUT2D eigenvalue weighted by molar-refractivity contribution is 5.78. The van der Waals surface area contributed by atoms with E-state index in [9.17, 15) is 4.79 Å². The summed E-state index contributed by atoms with van der Waals surface area (Å²) >= 11 is 0. The lowest BCUT2D eigenvalue weighted by molar-refractivity contribution is -0.127. The Hall–Kier alpha value is -1.50. The van der Waals surface area contributed by atoms with E-state index in [1.54, 1.807) is 0 Å². The minimum Gasteiger partial charge on any atom is -0.380 e. The van der Waals surface area contributed by atoms with Gasteiger partial charge in [0.05, 0.1) is 12.5 Å². The highest BCUT2D eigenvalue weighted by Crippen LogP contribution is 2.24. The second-order valence-corrected chi connectivity index (χ2v) is 7.69. The fraction of sp³-hybridized carbons (Fsp3) is 0.714. The number of aromatic nitrogens is 1. The summed E-state index contributed by atoms with van der Waals surface area (Å²) in [5.41, 5.74) is 1.29. The van der Waals surface area contributed by atoms with E-state index in [1.165, 1.54) is 18.4 Å². The van der Waals surface area contributed by atoms with Crippen LogP contribution in [0.4, 0.5) is 0 Å². The van der Waals surface area contributed by atoms with E-state index in [2.05, 4.69) is 26.2 Å². The predicted octanol–water partition coefficient (Wildman–Crippen LogP) is 1.91. The normalized spacial score (nSPS) is 22.6. The van der Waals surface area contributed by atoms with E-state index in [-0.39, 0.29) is 11.8 Å². The number of likely N-dealkylation sites (tertiary alicyclic amines) is 2. The zero-order chi connectivity index (χ0) is 18.9. The Bertz CT molecular complexity index is 561. The number of pyridine rings is 1. The molecule has 27 heavy (non-hydrogen) atoms. The molecule has 1 unspecified atom stereocenters. The van der Waals surface area contributed by atoms with Crippen molar-refractivity contribution in [2.45, 2.75) is 45.2 Å². The number of hydrogen-bond acceptors (Lipinski definition) is 5. The molecule has 0 spiro atoms. The predicted molar refractivity (Wildman–Crippen MR) is 106 cm³/mol. The van der Waals surface area contributed by atoms with Crippen LogP contribution in [0.5, 0.6) is 0 Å². The van der Waals surface area contributed by atoms with Gasteiger partial charge in [-0.25, -0.2) is 0 Å². The van der Waals surface area contributed by atoms with Crippen molar-refractivity contribution in [3.8, 4) is 0 Å². The fourth-order valence-corrected chi connectivity index (χ4v) is 4.28. The van der Waals surface area contributed by atoms with Gasteiger partial charge in [0, 0.05) is 44.7 Å². The van der Waals surface area contributed by atoms with E-state index in [1.807, 2.05) is 25.4 Å². The zero-order valence-electron chi connectivity index (χ0n) is 16.6. The van der Waals surface area contributed by atoms with Crippen molar-refractivity contribution in [3.05, 3.63) is 30.1 Å². The minimum absolute atomic E-state index is 0.133. The van der Waals surface area contributed by atoms with Gasteiger partial charge >= 0.3 is 0 Å². The largest absolute Gasteiger partial charge is 0.380 e. The summed E-state index contributed by atoms with van der Waals surface area (Å²) in [5.74, 6) is 0.335. The SMILES string of the molecule is CCOCCNC(=O)C1CCCN(C2CCN(Cc3cccnc3)CC2)C1. The molecule has 3 rings (SSSR count). The molecule has 0 radical (unpaired) electrons. The monoisotopic (exact) mass is 374 g/mol. The summed E-state index contributed by atoms with van der Waals surface area (Å²) < 4.78 is 5.31. The summed E-state index contributed by atoms with van der Waals surface area (Å²) in [6.07, 6.45) is 8.31. The molecule has 2 aliphatic heterocycles. The second-order valence-electron chi connectivity index (χ2n) is 7.69. The van der Waals surface area contributed by atoms with Gasteiger partial charge in [-0.1, -0.05) is 6.07 Å². The van der Waals surface area contributed by atoms with Gasteiger partial charge in [0.25, 0.3) is 0 Å². The van der Waals surface area contributed by atoms with Gasteiger partial charge in [0.15, 0.2) is 0 Å². The molecule has 0 aliphatic carbocycles. The van der Waals surface area contributed by atoms with Crippen molar-refractivity contribution >= 4 is 5.91 Å². The molecule has 2 fully saturated rings. The number of rotatable bonds is 8. The number of carbonyl (C=O) groups excluding carboxylic acids is 1. The van der Waals surface area contributed by atoms with Crippen LogP contribution in [-0.2, 0) is 16.1 Å². The van der Waals surface area contributed by atoms with Crippen molar-refractivity contribution in [1.82, 2.24) is 20.1 Å². The maximum absolute atomic E-state index is 12.4. The Labute approximate surface area is 163 Å². The number of carbonyl (C=O) groups is 1. The van der Waals surface area contributed by atoms with Crippen molar-refractivity contribution in [2.75, 3.05) is 45.9 Å². The Morgan fingerprint density at radius 1 is 1.30 bits per heavy atom. The van der Waals surface area contributed by atoms with Gasteiger partial charge in [-0.05, 0) is 63.9 Å². The van der Waals surface area contributed by atoms with Crippen LogP contribution in [0, 0.1) is 5.92 Å². The van der Waals surface area contributed by atoms with Crippen molar-refractivity contribution in [3.63, 3.8) is 0 Å². The van der Waals surface area contributed by atoms with Gasteiger partial charge in [0.2, 0.25) is 5.91 Å². The van der Waals surface area contributed by atoms with E-state index >= 15 is 0 Å². The van der Waals surface area contributed by atoms with Crippen LogP contribution in [0.15, 0.2) is 24.5 Å².